The highest BCUT2D eigenvalue weighted by Crippen LogP contribution is 2.31. The molecule has 1 amide bonds. The predicted octanol–water partition coefficient (Wildman–Crippen LogP) is 2.39. The van der Waals surface area contributed by atoms with Gasteiger partial charge >= 0.3 is 0 Å². The van der Waals surface area contributed by atoms with Crippen molar-refractivity contribution in [1.29, 1.82) is 0 Å². The van der Waals surface area contributed by atoms with Crippen LogP contribution >= 0.6 is 0 Å². The molecule has 114 valence electrons. The first kappa shape index (κ1) is 15.4. The second kappa shape index (κ2) is 5.81. The molecular weight excluding hydrogens is 270 g/mol. The van der Waals surface area contributed by atoms with Crippen LogP contribution in [0.3, 0.4) is 0 Å². The fourth-order valence-corrected chi connectivity index (χ4v) is 2.87. The van der Waals surface area contributed by atoms with E-state index in [9.17, 15) is 14.9 Å². The molecule has 21 heavy (non-hydrogen) atoms. The van der Waals surface area contributed by atoms with Gasteiger partial charge in [0.1, 0.15) is 0 Å². The summed E-state index contributed by atoms with van der Waals surface area (Å²) < 4.78 is 0. The number of non-ortho nitro benzene ring substituents is 1. The van der Waals surface area contributed by atoms with Gasteiger partial charge in [0, 0.05) is 19.2 Å². The highest BCUT2D eigenvalue weighted by Gasteiger charge is 2.40. The summed E-state index contributed by atoms with van der Waals surface area (Å²) in [6.07, 6.45) is 3.36. The van der Waals surface area contributed by atoms with E-state index in [1.165, 1.54) is 12.1 Å². The van der Waals surface area contributed by atoms with Crippen LogP contribution in [-0.2, 0) is 4.79 Å². The zero-order chi connectivity index (χ0) is 15.6. The first-order valence-corrected chi connectivity index (χ1v) is 7.16. The van der Waals surface area contributed by atoms with Crippen molar-refractivity contribution in [1.82, 2.24) is 4.90 Å². The largest absolute Gasteiger partial charge is 0.337 e. The number of likely N-dealkylation sites (N-methyl/N-ethyl adjacent to an activating group) is 1. The third kappa shape index (κ3) is 3.05. The molecule has 6 nitrogen and oxygen atoms in total. The number of carbonyl (C=O) groups excluding carboxylic acids is 1. The molecule has 0 radical (unpaired) electrons. The van der Waals surface area contributed by atoms with Gasteiger partial charge in [-0.3, -0.25) is 14.9 Å². The SMILES string of the molecule is CC(c1cccc([N+](=O)[O-])c1)N(C)C(=O)C1(N)CCCC1. The molecule has 1 aromatic rings. The molecule has 1 unspecified atom stereocenters. The van der Waals surface area contributed by atoms with Gasteiger partial charge in [-0.15, -0.1) is 0 Å². The summed E-state index contributed by atoms with van der Waals surface area (Å²) in [5, 5.41) is 10.8. The van der Waals surface area contributed by atoms with Crippen molar-refractivity contribution < 1.29 is 9.72 Å². The number of nitrogens with zero attached hydrogens (tertiary/aromatic N) is 2. The van der Waals surface area contributed by atoms with Gasteiger partial charge in [-0.1, -0.05) is 25.0 Å². The van der Waals surface area contributed by atoms with Crippen molar-refractivity contribution in [3.8, 4) is 0 Å². The molecule has 1 atom stereocenters. The van der Waals surface area contributed by atoms with E-state index in [1.807, 2.05) is 6.92 Å². The van der Waals surface area contributed by atoms with E-state index in [4.69, 9.17) is 5.73 Å². The minimum atomic E-state index is -0.774. The quantitative estimate of drug-likeness (QED) is 0.681. The van der Waals surface area contributed by atoms with Crippen LogP contribution in [0.2, 0.25) is 0 Å². The van der Waals surface area contributed by atoms with E-state index >= 15 is 0 Å². The van der Waals surface area contributed by atoms with Crippen LogP contribution in [-0.4, -0.2) is 28.3 Å². The van der Waals surface area contributed by atoms with E-state index < -0.39 is 10.5 Å². The first-order valence-electron chi connectivity index (χ1n) is 7.16. The number of rotatable bonds is 4. The Balaban J connectivity index is 2.19. The lowest BCUT2D eigenvalue weighted by Crippen LogP contribution is -2.52. The molecule has 1 fully saturated rings. The number of nitrogens with two attached hydrogens (primary N) is 1. The van der Waals surface area contributed by atoms with Gasteiger partial charge in [-0.25, -0.2) is 0 Å². The minimum absolute atomic E-state index is 0.0310. The van der Waals surface area contributed by atoms with Crippen LogP contribution in [0.15, 0.2) is 24.3 Å². The van der Waals surface area contributed by atoms with Crippen LogP contribution in [0, 0.1) is 10.1 Å². The Morgan fingerprint density at radius 2 is 2.05 bits per heavy atom. The average Bonchev–Trinajstić information content (AvgIpc) is 2.93. The average molecular weight is 291 g/mol. The molecule has 2 N–H and O–H groups in total. The maximum absolute atomic E-state index is 12.6. The topological polar surface area (TPSA) is 89.5 Å². The van der Waals surface area contributed by atoms with E-state index in [0.29, 0.717) is 12.8 Å². The molecular formula is C15H21N3O3. The second-order valence-corrected chi connectivity index (χ2v) is 5.81. The van der Waals surface area contributed by atoms with Gasteiger partial charge in [0.2, 0.25) is 5.91 Å². The number of nitro groups is 1. The van der Waals surface area contributed by atoms with Crippen molar-refractivity contribution in [3.05, 3.63) is 39.9 Å². The summed E-state index contributed by atoms with van der Waals surface area (Å²) in [4.78, 5) is 24.6. The minimum Gasteiger partial charge on any atom is -0.337 e. The molecule has 0 saturated heterocycles. The van der Waals surface area contributed by atoms with E-state index in [0.717, 1.165) is 18.4 Å². The van der Waals surface area contributed by atoms with Gasteiger partial charge < -0.3 is 10.6 Å². The summed E-state index contributed by atoms with van der Waals surface area (Å²) in [5.41, 5.74) is 6.19. The number of benzene rings is 1. The highest BCUT2D eigenvalue weighted by molar-refractivity contribution is 5.86. The van der Waals surface area contributed by atoms with E-state index in [1.54, 1.807) is 24.1 Å². The molecule has 0 spiro atoms. The Labute approximate surface area is 124 Å². The number of amides is 1. The van der Waals surface area contributed by atoms with Crippen molar-refractivity contribution in [2.45, 2.75) is 44.2 Å². The second-order valence-electron chi connectivity index (χ2n) is 5.81. The van der Waals surface area contributed by atoms with Crippen molar-refractivity contribution in [3.63, 3.8) is 0 Å². The molecule has 0 aliphatic heterocycles. The lowest BCUT2D eigenvalue weighted by atomic mass is 9.95. The Morgan fingerprint density at radius 1 is 1.43 bits per heavy atom. The van der Waals surface area contributed by atoms with Gasteiger partial charge in [-0.05, 0) is 25.3 Å². The Morgan fingerprint density at radius 3 is 2.62 bits per heavy atom. The number of nitro benzene ring substituents is 1. The Bertz CT molecular complexity index is 553. The molecule has 0 bridgehead atoms. The molecule has 1 aromatic carbocycles. The fraction of sp³-hybridized carbons (Fsp3) is 0.533. The molecule has 1 aliphatic rings. The molecule has 1 aliphatic carbocycles. The summed E-state index contributed by atoms with van der Waals surface area (Å²) in [7, 11) is 1.71. The van der Waals surface area contributed by atoms with E-state index in [2.05, 4.69) is 0 Å². The summed E-state index contributed by atoms with van der Waals surface area (Å²) in [6.45, 7) is 1.86. The zero-order valence-electron chi connectivity index (χ0n) is 12.4. The molecule has 0 heterocycles. The van der Waals surface area contributed by atoms with Gasteiger partial charge in [-0.2, -0.15) is 0 Å². The lowest BCUT2D eigenvalue weighted by molar-refractivity contribution is -0.384. The van der Waals surface area contributed by atoms with Crippen LogP contribution in [0.5, 0.6) is 0 Å². The smallest absolute Gasteiger partial charge is 0.269 e. The summed E-state index contributed by atoms with van der Waals surface area (Å²) in [6, 6.07) is 6.12. The number of carbonyl (C=O) groups is 1. The molecule has 6 heteroatoms. The first-order chi connectivity index (χ1) is 9.85. The summed E-state index contributed by atoms with van der Waals surface area (Å²) in [5.74, 6) is -0.0843. The standard InChI is InChI=1S/C15H21N3O3/c1-11(12-6-5-7-13(10-12)18(20)21)17(2)14(19)15(16)8-3-4-9-15/h5-7,10-11H,3-4,8-9,16H2,1-2H3. The van der Waals surface area contributed by atoms with Crippen LogP contribution in [0.1, 0.15) is 44.2 Å². The maximum atomic E-state index is 12.6. The van der Waals surface area contributed by atoms with Gasteiger partial charge in [0.05, 0.1) is 16.5 Å². The lowest BCUT2D eigenvalue weighted by Gasteiger charge is -2.33. The normalized spacial score (nSPS) is 18.2. The van der Waals surface area contributed by atoms with Crippen LogP contribution in [0.4, 0.5) is 5.69 Å². The summed E-state index contributed by atoms with van der Waals surface area (Å²) >= 11 is 0. The van der Waals surface area contributed by atoms with Gasteiger partial charge in [0.25, 0.3) is 5.69 Å². The van der Waals surface area contributed by atoms with Crippen molar-refractivity contribution in [2.24, 2.45) is 5.73 Å². The van der Waals surface area contributed by atoms with Crippen molar-refractivity contribution >= 4 is 11.6 Å². The van der Waals surface area contributed by atoms with Gasteiger partial charge in [0.15, 0.2) is 0 Å². The molecule has 0 aromatic heterocycles. The highest BCUT2D eigenvalue weighted by atomic mass is 16.6. The third-order valence-corrected chi connectivity index (χ3v) is 4.39. The predicted molar refractivity (Wildman–Crippen MR) is 79.7 cm³/mol. The Hall–Kier alpha value is -1.95. The molecule has 2 rings (SSSR count). The van der Waals surface area contributed by atoms with Crippen LogP contribution in [0.25, 0.3) is 0 Å². The Kier molecular flexibility index (Phi) is 4.27. The number of hydrogen-bond acceptors (Lipinski definition) is 4. The zero-order valence-corrected chi connectivity index (χ0v) is 12.4. The maximum Gasteiger partial charge on any atom is 0.269 e. The molecule has 1 saturated carbocycles. The van der Waals surface area contributed by atoms with E-state index in [-0.39, 0.29) is 17.6 Å². The third-order valence-electron chi connectivity index (χ3n) is 4.39. The van der Waals surface area contributed by atoms with Crippen LogP contribution < -0.4 is 5.73 Å². The van der Waals surface area contributed by atoms with Crippen molar-refractivity contribution in [2.75, 3.05) is 7.05 Å². The monoisotopic (exact) mass is 291 g/mol. The number of hydrogen-bond donors (Lipinski definition) is 1. The fourth-order valence-electron chi connectivity index (χ4n) is 2.87.